The van der Waals surface area contributed by atoms with Crippen LogP contribution in [0.1, 0.15) is 18.0 Å². The highest BCUT2D eigenvalue weighted by atomic mass is 16.5. The predicted molar refractivity (Wildman–Crippen MR) is 108 cm³/mol. The molecule has 1 heterocycles. The van der Waals surface area contributed by atoms with Crippen LogP contribution in [0.2, 0.25) is 0 Å². The number of anilines is 1. The van der Waals surface area contributed by atoms with Crippen molar-refractivity contribution in [2.75, 3.05) is 32.5 Å². The summed E-state index contributed by atoms with van der Waals surface area (Å²) in [7, 11) is 4.22. The van der Waals surface area contributed by atoms with Crippen molar-refractivity contribution in [2.24, 2.45) is 0 Å². The molecule has 2 N–H and O–H groups in total. The number of ether oxygens (including phenoxy) is 1. The average Bonchev–Trinajstić information content (AvgIpc) is 3.13. The minimum absolute atomic E-state index is 0.170. The van der Waals surface area contributed by atoms with Crippen molar-refractivity contribution < 1.29 is 14.1 Å². The molecular formula is C22H25N4O2+. The van der Waals surface area contributed by atoms with E-state index in [1.165, 1.54) is 4.90 Å². The van der Waals surface area contributed by atoms with Gasteiger partial charge < -0.3 is 19.4 Å². The van der Waals surface area contributed by atoms with E-state index >= 15 is 0 Å². The molecule has 0 bridgehead atoms. The van der Waals surface area contributed by atoms with Crippen LogP contribution in [0.15, 0.2) is 59.0 Å². The van der Waals surface area contributed by atoms with E-state index in [2.05, 4.69) is 42.6 Å². The Kier molecular flexibility index (Phi) is 6.66. The zero-order valence-electron chi connectivity index (χ0n) is 16.2. The third-order valence-electron chi connectivity index (χ3n) is 4.24. The average molecular weight is 377 g/mol. The number of benzene rings is 2. The molecule has 0 fully saturated rings. The van der Waals surface area contributed by atoms with Gasteiger partial charge in [-0.3, -0.25) is 0 Å². The van der Waals surface area contributed by atoms with E-state index in [0.29, 0.717) is 11.8 Å². The number of oxazole rings is 1. The summed E-state index contributed by atoms with van der Waals surface area (Å²) in [5, 5.41) is 12.4. The Morgan fingerprint density at radius 1 is 1.07 bits per heavy atom. The molecule has 6 nitrogen and oxygen atoms in total. The SMILES string of the molecule is C[NH+](C)CCCNc1oc(COc2ccc(-c3ccccc3)cc2)nc1C#N. The van der Waals surface area contributed by atoms with Gasteiger partial charge in [-0.25, -0.2) is 0 Å². The molecule has 3 aromatic rings. The molecule has 144 valence electrons. The number of nitriles is 1. The zero-order chi connectivity index (χ0) is 19.8. The molecule has 1 aromatic heterocycles. The Balaban J connectivity index is 1.56. The molecule has 0 saturated carbocycles. The highest BCUT2D eigenvalue weighted by Gasteiger charge is 2.13. The molecule has 6 heteroatoms. The summed E-state index contributed by atoms with van der Waals surface area (Å²) < 4.78 is 11.4. The Morgan fingerprint density at radius 3 is 2.46 bits per heavy atom. The third-order valence-corrected chi connectivity index (χ3v) is 4.24. The maximum absolute atomic E-state index is 9.24. The van der Waals surface area contributed by atoms with Crippen LogP contribution < -0.4 is 15.0 Å². The van der Waals surface area contributed by atoms with Crippen LogP contribution in [0, 0.1) is 11.3 Å². The summed E-state index contributed by atoms with van der Waals surface area (Å²) in [5.74, 6) is 1.51. The van der Waals surface area contributed by atoms with E-state index in [9.17, 15) is 5.26 Å². The number of rotatable bonds is 9. The molecule has 0 radical (unpaired) electrons. The van der Waals surface area contributed by atoms with Gasteiger partial charge >= 0.3 is 0 Å². The van der Waals surface area contributed by atoms with E-state index in [0.717, 1.165) is 36.4 Å². The first-order valence-electron chi connectivity index (χ1n) is 9.36. The fourth-order valence-corrected chi connectivity index (χ4v) is 2.78. The second-order valence-corrected chi connectivity index (χ2v) is 6.81. The van der Waals surface area contributed by atoms with E-state index in [4.69, 9.17) is 9.15 Å². The van der Waals surface area contributed by atoms with Gasteiger partial charge in [0.25, 0.3) is 0 Å². The minimum Gasteiger partial charge on any atom is -0.484 e. The predicted octanol–water partition coefficient (Wildman–Crippen LogP) is 2.74. The minimum atomic E-state index is 0.170. The summed E-state index contributed by atoms with van der Waals surface area (Å²) >= 11 is 0. The maximum Gasteiger partial charge on any atom is 0.236 e. The van der Waals surface area contributed by atoms with Crippen molar-refractivity contribution in [1.82, 2.24) is 4.98 Å². The summed E-state index contributed by atoms with van der Waals surface area (Å²) in [6, 6.07) is 20.1. The number of hydrogen-bond acceptors (Lipinski definition) is 5. The molecule has 0 aliphatic heterocycles. The van der Waals surface area contributed by atoms with Crippen LogP contribution in [-0.2, 0) is 6.61 Å². The van der Waals surface area contributed by atoms with E-state index in [1.807, 2.05) is 42.5 Å². The molecule has 0 aliphatic carbocycles. The quantitative estimate of drug-likeness (QED) is 0.561. The molecule has 2 aromatic carbocycles. The lowest BCUT2D eigenvalue weighted by Gasteiger charge is -2.07. The van der Waals surface area contributed by atoms with Gasteiger partial charge in [0.15, 0.2) is 6.61 Å². The van der Waals surface area contributed by atoms with Crippen LogP contribution in [0.3, 0.4) is 0 Å². The number of nitrogens with zero attached hydrogens (tertiary/aromatic N) is 2. The van der Waals surface area contributed by atoms with Gasteiger partial charge in [-0.05, 0) is 23.3 Å². The smallest absolute Gasteiger partial charge is 0.236 e. The first-order chi connectivity index (χ1) is 13.7. The van der Waals surface area contributed by atoms with Crippen LogP contribution in [0.5, 0.6) is 5.75 Å². The first kappa shape index (κ1) is 19.5. The Hall–Kier alpha value is -3.30. The van der Waals surface area contributed by atoms with Crippen molar-refractivity contribution in [3.8, 4) is 22.9 Å². The monoisotopic (exact) mass is 377 g/mol. The molecule has 3 rings (SSSR count). The molecule has 0 spiro atoms. The number of nitrogens with one attached hydrogen (secondary N) is 2. The van der Waals surface area contributed by atoms with Gasteiger partial charge in [0.1, 0.15) is 11.8 Å². The second kappa shape index (κ2) is 9.58. The zero-order valence-corrected chi connectivity index (χ0v) is 16.2. The molecule has 0 unspecified atom stereocenters. The lowest BCUT2D eigenvalue weighted by atomic mass is 10.1. The normalized spacial score (nSPS) is 10.6. The fourth-order valence-electron chi connectivity index (χ4n) is 2.78. The summed E-state index contributed by atoms with van der Waals surface area (Å²) in [6.07, 6.45) is 0.980. The van der Waals surface area contributed by atoms with Crippen molar-refractivity contribution in [2.45, 2.75) is 13.0 Å². The van der Waals surface area contributed by atoms with E-state index in [1.54, 1.807) is 0 Å². The molecular weight excluding hydrogens is 352 g/mol. The van der Waals surface area contributed by atoms with E-state index < -0.39 is 0 Å². The van der Waals surface area contributed by atoms with Crippen molar-refractivity contribution >= 4 is 5.88 Å². The lowest BCUT2D eigenvalue weighted by Crippen LogP contribution is -3.05. The first-order valence-corrected chi connectivity index (χ1v) is 9.36. The highest BCUT2D eigenvalue weighted by Crippen LogP contribution is 2.23. The molecule has 0 saturated heterocycles. The topological polar surface area (TPSA) is 75.5 Å². The van der Waals surface area contributed by atoms with Gasteiger partial charge in [0.2, 0.25) is 17.5 Å². The summed E-state index contributed by atoms with van der Waals surface area (Å²) in [4.78, 5) is 5.58. The summed E-state index contributed by atoms with van der Waals surface area (Å²) in [5.41, 5.74) is 2.55. The summed E-state index contributed by atoms with van der Waals surface area (Å²) in [6.45, 7) is 1.94. The van der Waals surface area contributed by atoms with E-state index in [-0.39, 0.29) is 12.3 Å². The maximum atomic E-state index is 9.24. The van der Waals surface area contributed by atoms with Crippen LogP contribution in [0.4, 0.5) is 5.88 Å². The highest BCUT2D eigenvalue weighted by molar-refractivity contribution is 5.63. The second-order valence-electron chi connectivity index (χ2n) is 6.81. The van der Waals surface area contributed by atoms with Gasteiger partial charge in [-0.15, -0.1) is 0 Å². The van der Waals surface area contributed by atoms with Gasteiger partial charge in [-0.1, -0.05) is 42.5 Å². The molecule has 0 aliphatic rings. The van der Waals surface area contributed by atoms with Crippen molar-refractivity contribution in [3.05, 3.63) is 66.2 Å². The fraction of sp³-hybridized carbons (Fsp3) is 0.273. The third kappa shape index (κ3) is 5.35. The van der Waals surface area contributed by atoms with Crippen molar-refractivity contribution in [1.29, 1.82) is 5.26 Å². The van der Waals surface area contributed by atoms with Gasteiger partial charge in [0, 0.05) is 13.0 Å². The molecule has 0 atom stereocenters. The van der Waals surface area contributed by atoms with Crippen molar-refractivity contribution in [3.63, 3.8) is 0 Å². The van der Waals surface area contributed by atoms with Crippen LogP contribution in [-0.4, -0.2) is 32.2 Å². The molecule has 28 heavy (non-hydrogen) atoms. The molecule has 0 amide bonds. The van der Waals surface area contributed by atoms with Crippen LogP contribution in [0.25, 0.3) is 11.1 Å². The Bertz CT molecular complexity index is 912. The Labute approximate surface area is 165 Å². The number of hydrogen-bond donors (Lipinski definition) is 2. The Morgan fingerprint density at radius 2 is 1.79 bits per heavy atom. The number of aromatic nitrogens is 1. The van der Waals surface area contributed by atoms with Crippen LogP contribution >= 0.6 is 0 Å². The standard InChI is InChI=1S/C22H24N4O2/c1-26(2)14-6-13-24-22-20(15-23)25-21(28-22)16-27-19-11-9-18(10-12-19)17-7-4-3-5-8-17/h3-5,7-12,24H,6,13-14,16H2,1-2H3/p+1. The van der Waals surface area contributed by atoms with Gasteiger partial charge in [0.05, 0.1) is 20.6 Å². The van der Waals surface area contributed by atoms with Gasteiger partial charge in [-0.2, -0.15) is 10.2 Å². The largest absolute Gasteiger partial charge is 0.484 e. The number of quaternary nitrogens is 1. The lowest BCUT2D eigenvalue weighted by molar-refractivity contribution is -0.858.